The number of rotatable bonds is 12. The summed E-state index contributed by atoms with van der Waals surface area (Å²) in [5.41, 5.74) is 6.99. The normalized spacial score (nSPS) is 19.1. The minimum absolute atomic E-state index is 0. The van der Waals surface area contributed by atoms with Crippen molar-refractivity contribution in [1.82, 2.24) is 40.4 Å². The zero-order valence-corrected chi connectivity index (χ0v) is 42.0. The third-order valence-electron chi connectivity index (χ3n) is 13.8. The van der Waals surface area contributed by atoms with E-state index >= 15 is 0 Å². The molecule has 4 heterocycles. The Hall–Kier alpha value is -5.14. The molecule has 366 valence electrons. The molecule has 2 aromatic carbocycles. The Morgan fingerprint density at radius 3 is 1.22 bits per heavy atom. The van der Waals surface area contributed by atoms with Gasteiger partial charge in [0.05, 0.1) is 50.1 Å². The number of H-pyrrole nitrogens is 2. The van der Waals surface area contributed by atoms with Crippen LogP contribution in [0.25, 0.3) is 22.5 Å². The van der Waals surface area contributed by atoms with Gasteiger partial charge in [0, 0.05) is 13.1 Å². The molecule has 0 radical (unpaired) electrons. The number of amides is 4. The number of benzene rings is 2. The number of likely N-dealkylation sites (tertiary alicyclic amines) is 2. The Balaban J connectivity index is 0.000000280. The average molecular weight is 963 g/mol. The zero-order valence-electron chi connectivity index (χ0n) is 40.9. The predicted molar refractivity (Wildman–Crippen MR) is 259 cm³/mol. The number of aromatic nitrogens is 4. The first-order chi connectivity index (χ1) is 30.9. The van der Waals surface area contributed by atoms with Crippen molar-refractivity contribution >= 4 is 24.0 Å². The van der Waals surface area contributed by atoms with E-state index in [0.717, 1.165) is 59.8 Å². The van der Waals surface area contributed by atoms with Gasteiger partial charge >= 0.3 is 29.3 Å². The molecule has 4 amide bonds. The fourth-order valence-electron chi connectivity index (χ4n) is 10.1. The van der Waals surface area contributed by atoms with Gasteiger partial charge in [-0.1, -0.05) is 102 Å². The number of carbonyl (C=O) groups is 4. The van der Waals surface area contributed by atoms with E-state index in [4.69, 9.17) is 9.47 Å². The summed E-state index contributed by atoms with van der Waals surface area (Å²) < 4.78 is 9.42. The summed E-state index contributed by atoms with van der Waals surface area (Å²) in [6, 6.07) is 16.1. The molecule has 67 heavy (non-hydrogen) atoms. The third-order valence-corrected chi connectivity index (χ3v) is 13.8. The molecule has 0 bridgehead atoms. The van der Waals surface area contributed by atoms with Gasteiger partial charge < -0.3 is 54.7 Å². The van der Waals surface area contributed by atoms with Gasteiger partial charge in [0.1, 0.15) is 23.7 Å². The van der Waals surface area contributed by atoms with Crippen LogP contribution in [0.5, 0.6) is 0 Å². The summed E-state index contributed by atoms with van der Waals surface area (Å²) >= 11 is 0. The summed E-state index contributed by atoms with van der Waals surface area (Å²) in [5.74, 6) is 2.72. The molecule has 2 saturated carbocycles. The van der Waals surface area contributed by atoms with E-state index in [-0.39, 0.29) is 67.7 Å². The van der Waals surface area contributed by atoms with Gasteiger partial charge in [-0.15, -0.1) is 0 Å². The molecule has 4 N–H and O–H groups in total. The van der Waals surface area contributed by atoms with Crippen molar-refractivity contribution < 1.29 is 45.7 Å². The predicted octanol–water partition coefficient (Wildman–Crippen LogP) is 10.5. The Labute approximate surface area is 409 Å². The maximum absolute atomic E-state index is 13.3. The molecule has 0 spiro atoms. The molecule has 4 aromatic rings. The van der Waals surface area contributed by atoms with Crippen LogP contribution in [-0.4, -0.2) is 93.1 Å². The monoisotopic (exact) mass is 963 g/mol. The summed E-state index contributed by atoms with van der Waals surface area (Å²) in [6.07, 6.45) is 16.6. The first-order valence-electron chi connectivity index (χ1n) is 23.6. The molecule has 2 aliphatic carbocycles. The smallest absolute Gasteiger partial charge is 0.453 e. The standard InChI is InChI=1S/2C25H34N4O3.2CH3.Fe/c2*1-16(2)22(28-25(31)32-3)24(30)29-14-6-9-21(29)23-26-15-20(27-23)19-12-10-18(11-13-19)17-7-4-5-8-17;;;/h2*10-13,15-17,21-22H,4-9,14H2,1-3H3,(H,26,27)(H,28,31);2*1H3;/q;;2*-1;+2/t2*21-,22-;;;/m00.../s1. The van der Waals surface area contributed by atoms with Gasteiger partial charge in [0.2, 0.25) is 11.8 Å². The molecular formula is C52H74FeN8O6. The fraction of sp³-hybridized carbons (Fsp3) is 0.538. The first kappa shape index (κ1) is 54.5. The van der Waals surface area contributed by atoms with Crippen LogP contribution in [0.15, 0.2) is 60.9 Å². The van der Waals surface area contributed by atoms with Gasteiger partial charge in [0.25, 0.3) is 0 Å². The van der Waals surface area contributed by atoms with Gasteiger partial charge in [-0.25, -0.2) is 19.6 Å². The molecule has 4 fully saturated rings. The van der Waals surface area contributed by atoms with E-state index in [1.807, 2.05) is 49.9 Å². The molecule has 2 aromatic heterocycles. The van der Waals surface area contributed by atoms with Crippen LogP contribution >= 0.6 is 0 Å². The number of imidazole rings is 2. The molecule has 14 nitrogen and oxygen atoms in total. The van der Waals surface area contributed by atoms with E-state index in [0.29, 0.717) is 24.9 Å². The Morgan fingerprint density at radius 2 is 0.910 bits per heavy atom. The Kier molecular flexibility index (Phi) is 20.6. The summed E-state index contributed by atoms with van der Waals surface area (Å²) in [5, 5.41) is 5.38. The van der Waals surface area contributed by atoms with E-state index < -0.39 is 24.3 Å². The van der Waals surface area contributed by atoms with Crippen LogP contribution in [0, 0.1) is 26.7 Å². The Bertz CT molecular complexity index is 2020. The number of nitrogens with zero attached hydrogens (tertiary/aromatic N) is 4. The molecule has 2 aliphatic heterocycles. The number of nitrogens with one attached hydrogen (secondary N) is 4. The second-order valence-electron chi connectivity index (χ2n) is 18.7. The zero-order chi connectivity index (χ0) is 45.3. The van der Waals surface area contributed by atoms with Crippen molar-refractivity contribution in [2.75, 3.05) is 27.3 Å². The second kappa shape index (κ2) is 25.3. The SMILES string of the molecule is COC(=O)N[C@H](C(=O)N1CCC[C@H]1c1ncc(-c2ccc(C3CCCC3)cc2)[nH]1)C(C)C.COC(=O)N[C@H](C(=O)N1CCC[C@H]1c1ncc(-c2ccc(C3CCCC3)cc2)[nH]1)C(C)C.[CH3-].[CH3-].[Fe+2]. The number of aromatic amines is 2. The van der Waals surface area contributed by atoms with Crippen LogP contribution in [0.3, 0.4) is 0 Å². The summed E-state index contributed by atoms with van der Waals surface area (Å²) in [6.45, 7) is 8.99. The van der Waals surface area contributed by atoms with Crippen molar-refractivity contribution in [3.05, 3.63) is 98.6 Å². The average Bonchev–Trinajstić information content (AvgIpc) is 4.17. The first-order valence-corrected chi connectivity index (χ1v) is 23.6. The fourth-order valence-corrected chi connectivity index (χ4v) is 10.1. The van der Waals surface area contributed by atoms with E-state index in [9.17, 15) is 19.2 Å². The molecule has 2 saturated heterocycles. The topological polar surface area (TPSA) is 175 Å². The van der Waals surface area contributed by atoms with Gasteiger partial charge in [-0.05, 0) is 97.3 Å². The maximum Gasteiger partial charge on any atom is 2.00 e. The second-order valence-corrected chi connectivity index (χ2v) is 18.7. The molecule has 4 aliphatic rings. The number of hydrogen-bond donors (Lipinski definition) is 4. The largest absolute Gasteiger partial charge is 2.00 e. The number of alkyl carbamates (subject to hydrolysis) is 2. The molecule has 0 unspecified atom stereocenters. The van der Waals surface area contributed by atoms with Crippen LogP contribution in [-0.2, 0) is 36.1 Å². The van der Waals surface area contributed by atoms with E-state index in [1.165, 1.54) is 76.7 Å². The van der Waals surface area contributed by atoms with Gasteiger partial charge in [-0.2, -0.15) is 0 Å². The number of hydrogen-bond acceptors (Lipinski definition) is 8. The summed E-state index contributed by atoms with van der Waals surface area (Å²) in [7, 11) is 2.61. The third kappa shape index (κ3) is 13.1. The maximum atomic E-state index is 13.3. The van der Waals surface area contributed by atoms with Crippen LogP contribution < -0.4 is 10.6 Å². The van der Waals surface area contributed by atoms with E-state index in [1.54, 1.807) is 0 Å². The molecule has 15 heteroatoms. The van der Waals surface area contributed by atoms with Crippen LogP contribution in [0.2, 0.25) is 0 Å². The molecule has 4 atom stereocenters. The number of methoxy groups -OCH3 is 2. The molecular weight excluding hydrogens is 888 g/mol. The number of ether oxygens (including phenoxy) is 2. The van der Waals surface area contributed by atoms with Gasteiger partial charge in [0.15, 0.2) is 0 Å². The van der Waals surface area contributed by atoms with Crippen molar-refractivity contribution in [1.29, 1.82) is 0 Å². The number of carbonyl (C=O) groups excluding carboxylic acids is 4. The van der Waals surface area contributed by atoms with Crippen molar-refractivity contribution in [3.63, 3.8) is 0 Å². The van der Waals surface area contributed by atoms with Crippen LogP contribution in [0.1, 0.15) is 151 Å². The summed E-state index contributed by atoms with van der Waals surface area (Å²) in [4.78, 5) is 69.9. The van der Waals surface area contributed by atoms with Crippen LogP contribution in [0.4, 0.5) is 9.59 Å². The van der Waals surface area contributed by atoms with Gasteiger partial charge in [-0.3, -0.25) is 9.59 Å². The van der Waals surface area contributed by atoms with Crippen molar-refractivity contribution in [2.45, 2.75) is 141 Å². The van der Waals surface area contributed by atoms with Crippen molar-refractivity contribution in [2.24, 2.45) is 11.8 Å². The molecule has 8 rings (SSSR count). The quantitative estimate of drug-likeness (QED) is 0.0802. The minimum Gasteiger partial charge on any atom is -0.453 e. The van der Waals surface area contributed by atoms with Crippen molar-refractivity contribution in [3.8, 4) is 22.5 Å². The van der Waals surface area contributed by atoms with E-state index in [2.05, 4.69) is 79.1 Å². The minimum atomic E-state index is -0.624. The Morgan fingerprint density at radius 1 is 0.567 bits per heavy atom.